The number of ether oxygens (including phenoxy) is 1. The van der Waals surface area contributed by atoms with Gasteiger partial charge in [0.2, 0.25) is 0 Å². The number of aliphatic carboxylic acids is 1. The van der Waals surface area contributed by atoms with E-state index in [2.05, 4.69) is 43.6 Å². The zero-order valence-corrected chi connectivity index (χ0v) is 24.8. The quantitative estimate of drug-likeness (QED) is 0.332. The molecular weight excluding hydrogens is 520 g/mol. The van der Waals surface area contributed by atoms with Gasteiger partial charge in [-0.1, -0.05) is 49.2 Å². The zero-order valence-electron chi connectivity index (χ0n) is 23.2. The van der Waals surface area contributed by atoms with Crippen LogP contribution in [0.15, 0.2) is 21.2 Å². The van der Waals surface area contributed by atoms with Gasteiger partial charge < -0.3 is 20.1 Å². The molecule has 10 atom stereocenters. The summed E-state index contributed by atoms with van der Waals surface area (Å²) in [5.74, 6) is -0.103. The van der Waals surface area contributed by atoms with Crippen molar-refractivity contribution in [3.8, 4) is 0 Å². The van der Waals surface area contributed by atoms with Crippen molar-refractivity contribution in [3.05, 3.63) is 21.2 Å². The van der Waals surface area contributed by atoms with Crippen LogP contribution in [0.25, 0.3) is 0 Å². The molecule has 6 heteroatoms. The van der Waals surface area contributed by atoms with Crippen LogP contribution in [-0.4, -0.2) is 46.7 Å². The van der Waals surface area contributed by atoms with Gasteiger partial charge in [0, 0.05) is 12.7 Å². The average molecular weight is 568 g/mol. The molecule has 0 aromatic rings. The lowest BCUT2D eigenvalue weighted by Gasteiger charge is -2.69. The standard InChI is InChI=1S/C30H47BrO5/c1-16(2)21(31)9-8-18(27(34)35)25-20-14-23(33)26-28(4)12-11-22(32)17(3)19(28)10-13-29(26,5)30(20,6)15-24(25)36-7/h17,19-20,22-24,26,32-33H,8-15H2,1-7H3,(H,34,35)/t17-,19-,20-,22+,23+,24-,26-,28-,29-,30-/m0/s1. The number of allylic oxidation sites excluding steroid dienone is 2. The number of carbonyl (C=O) groups is 1. The van der Waals surface area contributed by atoms with Gasteiger partial charge in [0.25, 0.3) is 0 Å². The lowest BCUT2D eigenvalue weighted by atomic mass is 9.36. The van der Waals surface area contributed by atoms with Gasteiger partial charge in [0.05, 0.1) is 18.3 Å². The van der Waals surface area contributed by atoms with Crippen molar-refractivity contribution in [1.29, 1.82) is 0 Å². The molecule has 0 amide bonds. The molecule has 0 aromatic carbocycles. The maximum Gasteiger partial charge on any atom is 0.331 e. The number of hydrogen-bond acceptors (Lipinski definition) is 4. The molecule has 0 aliphatic heterocycles. The Morgan fingerprint density at radius 1 is 1.06 bits per heavy atom. The minimum atomic E-state index is -0.863. The van der Waals surface area contributed by atoms with Gasteiger partial charge in [-0.05, 0) is 115 Å². The molecule has 0 aromatic heterocycles. The fourth-order valence-corrected chi connectivity index (χ4v) is 9.87. The van der Waals surface area contributed by atoms with Crippen molar-refractivity contribution in [2.45, 2.75) is 111 Å². The van der Waals surface area contributed by atoms with Gasteiger partial charge in [-0.15, -0.1) is 0 Å². The Morgan fingerprint density at radius 2 is 1.72 bits per heavy atom. The lowest BCUT2D eigenvalue weighted by Crippen LogP contribution is -2.65. The largest absolute Gasteiger partial charge is 0.478 e. The Labute approximate surface area is 225 Å². The van der Waals surface area contributed by atoms with E-state index in [1.807, 2.05) is 13.8 Å². The van der Waals surface area contributed by atoms with Crippen LogP contribution in [0.5, 0.6) is 0 Å². The summed E-state index contributed by atoms with van der Waals surface area (Å²) in [5, 5.41) is 32.9. The third-order valence-electron chi connectivity index (χ3n) is 11.7. The van der Waals surface area contributed by atoms with Crippen LogP contribution in [0.4, 0.5) is 0 Å². The topological polar surface area (TPSA) is 87.0 Å². The summed E-state index contributed by atoms with van der Waals surface area (Å²) in [5.41, 5.74) is 2.22. The molecule has 4 aliphatic carbocycles. The highest BCUT2D eigenvalue weighted by Crippen LogP contribution is 2.74. The summed E-state index contributed by atoms with van der Waals surface area (Å²) in [7, 11) is 1.70. The van der Waals surface area contributed by atoms with Gasteiger partial charge in [-0.2, -0.15) is 0 Å². The first-order valence-electron chi connectivity index (χ1n) is 13.9. The number of carboxylic acids is 1. The van der Waals surface area contributed by atoms with E-state index in [4.69, 9.17) is 4.74 Å². The van der Waals surface area contributed by atoms with Gasteiger partial charge >= 0.3 is 5.97 Å². The molecule has 5 nitrogen and oxygen atoms in total. The Morgan fingerprint density at radius 3 is 2.31 bits per heavy atom. The molecule has 0 unspecified atom stereocenters. The molecule has 4 fully saturated rings. The van der Waals surface area contributed by atoms with Crippen molar-refractivity contribution < 1.29 is 24.9 Å². The van der Waals surface area contributed by atoms with Crippen LogP contribution < -0.4 is 0 Å². The van der Waals surface area contributed by atoms with Crippen molar-refractivity contribution in [2.24, 2.45) is 39.9 Å². The summed E-state index contributed by atoms with van der Waals surface area (Å²) in [6, 6.07) is 0. The number of rotatable bonds is 5. The maximum atomic E-state index is 12.6. The molecule has 0 saturated heterocycles. The van der Waals surface area contributed by atoms with Crippen LogP contribution in [-0.2, 0) is 9.53 Å². The van der Waals surface area contributed by atoms with E-state index in [1.54, 1.807) is 7.11 Å². The van der Waals surface area contributed by atoms with Crippen LogP contribution >= 0.6 is 15.9 Å². The fourth-order valence-electron chi connectivity index (χ4n) is 9.67. The molecule has 0 spiro atoms. The van der Waals surface area contributed by atoms with Gasteiger partial charge in [0.15, 0.2) is 0 Å². The second kappa shape index (κ2) is 9.81. The molecule has 4 rings (SSSR count). The average Bonchev–Trinajstić information content (AvgIpc) is 3.09. The van der Waals surface area contributed by atoms with E-state index in [0.717, 1.165) is 47.7 Å². The third-order valence-corrected chi connectivity index (χ3v) is 12.9. The maximum absolute atomic E-state index is 12.6. The van der Waals surface area contributed by atoms with Crippen LogP contribution in [0.3, 0.4) is 0 Å². The zero-order chi connectivity index (χ0) is 26.8. The molecule has 4 saturated carbocycles. The molecule has 0 bridgehead atoms. The molecular formula is C30H47BrO5. The highest BCUT2D eigenvalue weighted by Gasteiger charge is 2.70. The first kappa shape index (κ1) is 28.3. The monoisotopic (exact) mass is 566 g/mol. The van der Waals surface area contributed by atoms with E-state index in [9.17, 15) is 20.1 Å². The van der Waals surface area contributed by atoms with Crippen molar-refractivity contribution in [1.82, 2.24) is 0 Å². The van der Waals surface area contributed by atoms with E-state index in [0.29, 0.717) is 30.8 Å². The predicted octanol–water partition coefficient (Wildman–Crippen LogP) is 6.47. The number of fused-ring (bicyclic) bond motifs is 5. The molecule has 204 valence electrons. The summed E-state index contributed by atoms with van der Waals surface area (Å²) >= 11 is 3.63. The highest BCUT2D eigenvalue weighted by atomic mass is 79.9. The summed E-state index contributed by atoms with van der Waals surface area (Å²) < 4.78 is 7.08. The van der Waals surface area contributed by atoms with Crippen LogP contribution in [0.2, 0.25) is 0 Å². The Hall–Kier alpha value is -0.690. The van der Waals surface area contributed by atoms with Gasteiger partial charge in [-0.3, -0.25) is 0 Å². The number of aliphatic hydroxyl groups excluding tert-OH is 2. The summed E-state index contributed by atoms with van der Waals surface area (Å²) in [4.78, 5) is 12.6. The fraction of sp³-hybridized carbons (Fsp3) is 0.833. The molecule has 0 radical (unpaired) electrons. The second-order valence-electron chi connectivity index (χ2n) is 13.4. The van der Waals surface area contributed by atoms with Crippen molar-refractivity contribution in [2.75, 3.05) is 7.11 Å². The Balaban J connectivity index is 1.79. The van der Waals surface area contributed by atoms with E-state index in [-0.39, 0.29) is 46.2 Å². The SMILES string of the molecule is CO[C@H]1C[C@@]2(C)[C@@H](C[C@@H](O)[C@H]3[C@@]4(C)CC[C@@H](O)[C@@H](C)[C@@H]4CC[C@@]32C)C1=C(CCC(Br)=C(C)C)C(=O)O. The van der Waals surface area contributed by atoms with E-state index in [1.165, 1.54) is 0 Å². The van der Waals surface area contributed by atoms with Crippen LogP contribution in [0.1, 0.15) is 92.9 Å². The van der Waals surface area contributed by atoms with Crippen molar-refractivity contribution in [3.63, 3.8) is 0 Å². The normalized spacial score (nSPS) is 47.4. The number of aliphatic hydroxyl groups is 2. The Bertz CT molecular complexity index is 953. The first-order valence-corrected chi connectivity index (χ1v) is 14.7. The first-order chi connectivity index (χ1) is 16.7. The van der Waals surface area contributed by atoms with Crippen LogP contribution in [0, 0.1) is 39.9 Å². The minimum absolute atomic E-state index is 0.0120. The second-order valence-corrected chi connectivity index (χ2v) is 14.3. The smallest absolute Gasteiger partial charge is 0.331 e. The molecule has 36 heavy (non-hydrogen) atoms. The number of hydrogen-bond donors (Lipinski definition) is 3. The molecule has 0 heterocycles. The highest BCUT2D eigenvalue weighted by molar-refractivity contribution is 9.11. The summed E-state index contributed by atoms with van der Waals surface area (Å²) in [6.07, 6.45) is 5.27. The minimum Gasteiger partial charge on any atom is -0.478 e. The molecule has 3 N–H and O–H groups in total. The van der Waals surface area contributed by atoms with E-state index < -0.39 is 12.1 Å². The Kier molecular flexibility index (Phi) is 7.71. The number of carboxylic acid groups (broad SMARTS) is 1. The number of halogens is 1. The van der Waals surface area contributed by atoms with E-state index >= 15 is 0 Å². The van der Waals surface area contributed by atoms with Gasteiger partial charge in [-0.25, -0.2) is 4.79 Å². The third kappa shape index (κ3) is 4.08. The van der Waals surface area contributed by atoms with Gasteiger partial charge in [0.1, 0.15) is 0 Å². The van der Waals surface area contributed by atoms with Crippen molar-refractivity contribution >= 4 is 21.9 Å². The molecule has 4 aliphatic rings. The lowest BCUT2D eigenvalue weighted by molar-refractivity contribution is -0.234. The summed E-state index contributed by atoms with van der Waals surface area (Å²) in [6.45, 7) is 13.3. The predicted molar refractivity (Wildman–Crippen MR) is 146 cm³/mol. The number of methoxy groups -OCH3 is 1.